The number of anilines is 1. The van der Waals surface area contributed by atoms with Crippen LogP contribution >= 0.6 is 27.5 Å². The average molecular weight is 353 g/mol. The fraction of sp³-hybridized carbons (Fsp3) is 0.167. The maximum Gasteiger partial charge on any atom is 0.261 e. The number of carbonyl (C=O) groups excluding carboxylic acids is 2. The minimum atomic E-state index is -0.304. The number of carbonyl (C=O) groups is 2. The molecule has 0 saturated carbocycles. The van der Waals surface area contributed by atoms with E-state index in [4.69, 9.17) is 0 Å². The van der Waals surface area contributed by atoms with Crippen molar-refractivity contribution in [2.24, 2.45) is 0 Å². The zero-order chi connectivity index (χ0) is 14.3. The summed E-state index contributed by atoms with van der Waals surface area (Å²) < 4.78 is 4.59. The Morgan fingerprint density at radius 1 is 1.30 bits per heavy atom. The van der Waals surface area contributed by atoms with E-state index in [-0.39, 0.29) is 18.4 Å². The van der Waals surface area contributed by atoms with E-state index in [0.29, 0.717) is 16.8 Å². The SMILES string of the molecule is CNc1snnc1CN1C(=O)c2ccc(Br)cc2C1=O. The third-order valence-corrected chi connectivity index (χ3v) is 4.30. The van der Waals surface area contributed by atoms with Crippen molar-refractivity contribution in [2.45, 2.75) is 6.54 Å². The van der Waals surface area contributed by atoms with Crippen molar-refractivity contribution in [1.82, 2.24) is 14.5 Å². The van der Waals surface area contributed by atoms with Gasteiger partial charge in [0.1, 0.15) is 10.7 Å². The van der Waals surface area contributed by atoms with Gasteiger partial charge in [0.2, 0.25) is 0 Å². The summed E-state index contributed by atoms with van der Waals surface area (Å²) in [4.78, 5) is 25.8. The topological polar surface area (TPSA) is 75.2 Å². The maximum absolute atomic E-state index is 12.3. The molecule has 102 valence electrons. The second-order valence-electron chi connectivity index (χ2n) is 4.19. The number of fused-ring (bicyclic) bond motifs is 1. The molecule has 0 bridgehead atoms. The first kappa shape index (κ1) is 13.2. The van der Waals surface area contributed by atoms with Crippen LogP contribution in [-0.4, -0.2) is 33.3 Å². The molecule has 2 aromatic rings. The summed E-state index contributed by atoms with van der Waals surface area (Å²) in [5, 5.41) is 7.65. The fourth-order valence-corrected chi connectivity index (χ4v) is 2.94. The van der Waals surface area contributed by atoms with Crippen LogP contribution in [0.25, 0.3) is 0 Å². The Morgan fingerprint density at radius 3 is 2.80 bits per heavy atom. The molecule has 0 unspecified atom stereocenters. The number of nitrogens with one attached hydrogen (secondary N) is 1. The fourth-order valence-electron chi connectivity index (χ4n) is 2.06. The molecule has 2 amide bonds. The Morgan fingerprint density at radius 2 is 2.05 bits per heavy atom. The van der Waals surface area contributed by atoms with Crippen molar-refractivity contribution in [3.05, 3.63) is 39.5 Å². The molecule has 3 rings (SSSR count). The van der Waals surface area contributed by atoms with Gasteiger partial charge < -0.3 is 5.32 Å². The smallest absolute Gasteiger partial charge is 0.261 e. The lowest BCUT2D eigenvalue weighted by molar-refractivity contribution is 0.0640. The van der Waals surface area contributed by atoms with E-state index in [1.165, 1.54) is 16.4 Å². The lowest BCUT2D eigenvalue weighted by Crippen LogP contribution is -2.29. The molecule has 1 N–H and O–H groups in total. The van der Waals surface area contributed by atoms with Gasteiger partial charge in [0.15, 0.2) is 0 Å². The Labute approximate surface area is 127 Å². The van der Waals surface area contributed by atoms with Crippen molar-refractivity contribution < 1.29 is 9.59 Å². The zero-order valence-corrected chi connectivity index (χ0v) is 12.8. The van der Waals surface area contributed by atoms with Gasteiger partial charge in [-0.2, -0.15) is 0 Å². The van der Waals surface area contributed by atoms with Crippen molar-refractivity contribution >= 4 is 44.3 Å². The number of imide groups is 1. The molecular formula is C12H9BrN4O2S. The quantitative estimate of drug-likeness (QED) is 0.856. The van der Waals surface area contributed by atoms with E-state index in [1.54, 1.807) is 25.2 Å². The molecule has 6 nitrogen and oxygen atoms in total. The number of benzene rings is 1. The Kier molecular flexibility index (Phi) is 3.27. The summed E-state index contributed by atoms with van der Waals surface area (Å²) in [5.74, 6) is -0.603. The summed E-state index contributed by atoms with van der Waals surface area (Å²) in [7, 11) is 1.75. The molecule has 0 saturated heterocycles. The van der Waals surface area contributed by atoms with E-state index in [1.807, 2.05) is 0 Å². The number of halogens is 1. The lowest BCUT2D eigenvalue weighted by atomic mass is 10.1. The van der Waals surface area contributed by atoms with Crippen LogP contribution in [0.1, 0.15) is 26.4 Å². The number of hydrogen-bond acceptors (Lipinski definition) is 6. The maximum atomic E-state index is 12.3. The molecular weight excluding hydrogens is 344 g/mol. The minimum Gasteiger partial charge on any atom is -0.377 e. The van der Waals surface area contributed by atoms with Gasteiger partial charge in [0, 0.05) is 23.1 Å². The van der Waals surface area contributed by atoms with E-state index < -0.39 is 0 Å². The molecule has 0 radical (unpaired) electrons. The van der Waals surface area contributed by atoms with Gasteiger partial charge in [-0.3, -0.25) is 14.5 Å². The highest BCUT2D eigenvalue weighted by Gasteiger charge is 2.36. The first-order valence-electron chi connectivity index (χ1n) is 5.76. The molecule has 0 atom stereocenters. The van der Waals surface area contributed by atoms with Crippen LogP contribution in [0.3, 0.4) is 0 Å². The summed E-state index contributed by atoms with van der Waals surface area (Å²) in [6.07, 6.45) is 0. The monoisotopic (exact) mass is 352 g/mol. The van der Waals surface area contributed by atoms with Crippen molar-refractivity contribution in [2.75, 3.05) is 12.4 Å². The van der Waals surface area contributed by atoms with E-state index in [9.17, 15) is 9.59 Å². The molecule has 1 aromatic heterocycles. The summed E-state index contributed by atoms with van der Waals surface area (Å²) in [6, 6.07) is 5.06. The average Bonchev–Trinajstić information content (AvgIpc) is 2.98. The Hall–Kier alpha value is -1.80. The molecule has 0 fully saturated rings. The number of amides is 2. The molecule has 1 aliphatic rings. The van der Waals surface area contributed by atoms with Gasteiger partial charge >= 0.3 is 0 Å². The van der Waals surface area contributed by atoms with E-state index in [0.717, 1.165) is 9.47 Å². The highest BCUT2D eigenvalue weighted by atomic mass is 79.9. The van der Waals surface area contributed by atoms with Crippen LogP contribution in [0.5, 0.6) is 0 Å². The van der Waals surface area contributed by atoms with E-state index in [2.05, 4.69) is 30.8 Å². The van der Waals surface area contributed by atoms with Crippen LogP contribution in [0.2, 0.25) is 0 Å². The van der Waals surface area contributed by atoms with Crippen molar-refractivity contribution in [3.63, 3.8) is 0 Å². The van der Waals surface area contributed by atoms with Crippen LogP contribution in [0.15, 0.2) is 22.7 Å². The first-order valence-corrected chi connectivity index (χ1v) is 7.33. The van der Waals surface area contributed by atoms with Crippen molar-refractivity contribution in [3.8, 4) is 0 Å². The van der Waals surface area contributed by atoms with Crippen molar-refractivity contribution in [1.29, 1.82) is 0 Å². The summed E-state index contributed by atoms with van der Waals surface area (Å²) in [5.41, 5.74) is 1.43. The predicted molar refractivity (Wildman–Crippen MR) is 77.8 cm³/mol. The Balaban J connectivity index is 1.94. The molecule has 20 heavy (non-hydrogen) atoms. The van der Waals surface area contributed by atoms with Crippen LogP contribution in [-0.2, 0) is 6.54 Å². The van der Waals surface area contributed by atoms with Gasteiger partial charge in [-0.1, -0.05) is 20.4 Å². The van der Waals surface area contributed by atoms with Gasteiger partial charge in [-0.05, 0) is 18.2 Å². The van der Waals surface area contributed by atoms with Crippen LogP contribution < -0.4 is 5.32 Å². The number of rotatable bonds is 3. The highest BCUT2D eigenvalue weighted by molar-refractivity contribution is 9.10. The lowest BCUT2D eigenvalue weighted by Gasteiger charge is -2.12. The molecule has 8 heteroatoms. The number of aromatic nitrogens is 2. The van der Waals surface area contributed by atoms with Gasteiger partial charge in [0.05, 0.1) is 17.7 Å². The molecule has 0 spiro atoms. The molecule has 1 aromatic carbocycles. The highest BCUT2D eigenvalue weighted by Crippen LogP contribution is 2.28. The minimum absolute atomic E-state index is 0.122. The van der Waals surface area contributed by atoms with Crippen LogP contribution in [0.4, 0.5) is 5.00 Å². The normalized spacial score (nSPS) is 13.8. The molecule has 0 aliphatic carbocycles. The van der Waals surface area contributed by atoms with Gasteiger partial charge in [0.25, 0.3) is 11.8 Å². The molecule has 1 aliphatic heterocycles. The third kappa shape index (κ3) is 2.01. The van der Waals surface area contributed by atoms with Gasteiger partial charge in [-0.25, -0.2) is 0 Å². The van der Waals surface area contributed by atoms with E-state index >= 15 is 0 Å². The summed E-state index contributed by atoms with van der Waals surface area (Å²) >= 11 is 4.50. The number of hydrogen-bond donors (Lipinski definition) is 1. The second kappa shape index (κ2) is 4.95. The predicted octanol–water partition coefficient (Wildman–Crippen LogP) is 2.14. The summed E-state index contributed by atoms with van der Waals surface area (Å²) in [6.45, 7) is 0.122. The first-order chi connectivity index (χ1) is 9.61. The molecule has 2 heterocycles. The zero-order valence-electron chi connectivity index (χ0n) is 10.4. The largest absolute Gasteiger partial charge is 0.377 e. The second-order valence-corrected chi connectivity index (χ2v) is 5.85. The van der Waals surface area contributed by atoms with Gasteiger partial charge in [-0.15, -0.1) is 5.10 Å². The third-order valence-electron chi connectivity index (χ3n) is 3.02. The Bertz CT molecular complexity index is 715. The number of nitrogens with zero attached hydrogens (tertiary/aromatic N) is 3. The van der Waals surface area contributed by atoms with Crippen LogP contribution in [0, 0.1) is 0 Å². The standard InChI is InChI=1S/C12H9BrN4O2S/c1-14-10-9(15-16-20-10)5-17-11(18)7-3-2-6(13)4-8(7)12(17)19/h2-4,14H,5H2,1H3.